The van der Waals surface area contributed by atoms with Crippen LogP contribution in [0.1, 0.15) is 21.6 Å². The molecule has 0 fully saturated rings. The Morgan fingerprint density at radius 2 is 1.41 bits per heavy atom. The fraction of sp³-hybridized carbons (Fsp3) is 0.0435. The molecule has 0 spiro atoms. The molecule has 0 amide bonds. The van der Waals surface area contributed by atoms with Crippen molar-refractivity contribution in [2.45, 2.75) is 11.8 Å². The van der Waals surface area contributed by atoms with Crippen molar-refractivity contribution >= 4 is 15.8 Å². The minimum absolute atomic E-state index is 0.0761. The summed E-state index contributed by atoms with van der Waals surface area (Å²) < 4.78 is 27.6. The lowest BCUT2D eigenvalue weighted by atomic mass is 10.1. The Hall–Kier alpha value is -3.51. The standard InChI is InChI=1S/C23H18N2O3S/c1-17-12-14-18(15-13-17)22(26)21-16-25(23(24-21)19-8-4-2-5-9-19)29(27,28)20-10-6-3-7-11-20/h2-16H,1H3. The minimum atomic E-state index is -3.92. The fourth-order valence-electron chi connectivity index (χ4n) is 2.99. The molecule has 0 saturated carbocycles. The number of benzene rings is 3. The normalized spacial score (nSPS) is 11.3. The molecule has 5 nitrogen and oxygen atoms in total. The largest absolute Gasteiger partial charge is 0.287 e. The number of ketones is 1. The number of imidazole rings is 1. The summed E-state index contributed by atoms with van der Waals surface area (Å²) in [6.07, 6.45) is 1.30. The van der Waals surface area contributed by atoms with E-state index >= 15 is 0 Å². The Balaban J connectivity index is 1.88. The zero-order chi connectivity index (χ0) is 20.4. The third-order valence-electron chi connectivity index (χ3n) is 4.55. The van der Waals surface area contributed by atoms with E-state index in [9.17, 15) is 13.2 Å². The zero-order valence-electron chi connectivity index (χ0n) is 15.7. The molecule has 0 aliphatic rings. The molecule has 0 aliphatic heterocycles. The van der Waals surface area contributed by atoms with Crippen LogP contribution in [0.15, 0.2) is 96.0 Å². The molecule has 0 radical (unpaired) electrons. The Labute approximate surface area is 169 Å². The average molecular weight is 402 g/mol. The number of carbonyl (C=O) groups is 1. The SMILES string of the molecule is Cc1ccc(C(=O)c2cn(S(=O)(=O)c3ccccc3)c(-c3ccccc3)n2)cc1. The van der Waals surface area contributed by atoms with Gasteiger partial charge in [0.25, 0.3) is 10.0 Å². The second-order valence-electron chi connectivity index (χ2n) is 6.62. The van der Waals surface area contributed by atoms with Crippen LogP contribution in [0.2, 0.25) is 0 Å². The molecular formula is C23H18N2O3S. The van der Waals surface area contributed by atoms with E-state index in [-0.39, 0.29) is 22.2 Å². The molecule has 0 aliphatic carbocycles. The van der Waals surface area contributed by atoms with Crippen molar-refractivity contribution in [3.8, 4) is 11.4 Å². The van der Waals surface area contributed by atoms with Crippen LogP contribution in [-0.2, 0) is 10.0 Å². The molecule has 1 heterocycles. The molecule has 1 aromatic heterocycles. The summed E-state index contributed by atoms with van der Waals surface area (Å²) in [5.74, 6) is -0.130. The lowest BCUT2D eigenvalue weighted by molar-refractivity contribution is 0.103. The van der Waals surface area contributed by atoms with Crippen molar-refractivity contribution in [3.05, 3.63) is 108 Å². The van der Waals surface area contributed by atoms with E-state index < -0.39 is 10.0 Å². The second kappa shape index (κ2) is 7.48. The third-order valence-corrected chi connectivity index (χ3v) is 6.22. The summed E-state index contributed by atoms with van der Waals surface area (Å²) in [5, 5.41) is 0. The number of rotatable bonds is 5. The molecular weight excluding hydrogens is 384 g/mol. The summed E-state index contributed by atoms with van der Waals surface area (Å²) >= 11 is 0. The summed E-state index contributed by atoms with van der Waals surface area (Å²) in [7, 11) is -3.92. The van der Waals surface area contributed by atoms with Gasteiger partial charge in [-0.1, -0.05) is 78.4 Å². The van der Waals surface area contributed by atoms with Crippen LogP contribution in [0.5, 0.6) is 0 Å². The smallest absolute Gasteiger partial charge is 0.269 e. The van der Waals surface area contributed by atoms with Crippen LogP contribution in [0.25, 0.3) is 11.4 Å². The first kappa shape index (κ1) is 18.8. The van der Waals surface area contributed by atoms with Gasteiger partial charge in [-0.25, -0.2) is 17.4 Å². The Bertz CT molecular complexity index is 1260. The van der Waals surface area contributed by atoms with Crippen molar-refractivity contribution in [1.29, 1.82) is 0 Å². The van der Waals surface area contributed by atoms with Crippen LogP contribution in [-0.4, -0.2) is 23.2 Å². The molecule has 3 aromatic carbocycles. The van der Waals surface area contributed by atoms with E-state index in [0.29, 0.717) is 11.1 Å². The maximum atomic E-state index is 13.3. The van der Waals surface area contributed by atoms with Gasteiger partial charge in [0.15, 0.2) is 5.82 Å². The number of carbonyl (C=O) groups excluding carboxylic acids is 1. The number of aryl methyl sites for hydroxylation is 1. The molecule has 4 aromatic rings. The van der Waals surface area contributed by atoms with Gasteiger partial charge < -0.3 is 0 Å². The second-order valence-corrected chi connectivity index (χ2v) is 8.44. The summed E-state index contributed by atoms with van der Waals surface area (Å²) in [6.45, 7) is 1.93. The first-order valence-corrected chi connectivity index (χ1v) is 10.5. The van der Waals surface area contributed by atoms with Gasteiger partial charge in [-0.15, -0.1) is 0 Å². The maximum Gasteiger partial charge on any atom is 0.269 e. The van der Waals surface area contributed by atoms with E-state index in [4.69, 9.17) is 0 Å². The van der Waals surface area contributed by atoms with Gasteiger partial charge in [0.2, 0.25) is 5.78 Å². The quantitative estimate of drug-likeness (QED) is 0.466. The Morgan fingerprint density at radius 1 is 0.828 bits per heavy atom. The lowest BCUT2D eigenvalue weighted by Gasteiger charge is -2.09. The first-order chi connectivity index (χ1) is 14.0. The maximum absolute atomic E-state index is 13.3. The van der Waals surface area contributed by atoms with E-state index in [1.165, 1.54) is 18.3 Å². The molecule has 0 saturated heterocycles. The molecule has 0 bridgehead atoms. The van der Waals surface area contributed by atoms with Gasteiger partial charge >= 0.3 is 0 Å². The molecule has 0 unspecified atom stereocenters. The topological polar surface area (TPSA) is 69.0 Å². The van der Waals surface area contributed by atoms with Gasteiger partial charge in [-0.2, -0.15) is 0 Å². The first-order valence-electron chi connectivity index (χ1n) is 9.03. The number of hydrogen-bond acceptors (Lipinski definition) is 4. The number of hydrogen-bond donors (Lipinski definition) is 0. The number of nitrogens with zero attached hydrogens (tertiary/aromatic N) is 2. The molecule has 144 valence electrons. The predicted octanol–water partition coefficient (Wildman–Crippen LogP) is 4.33. The van der Waals surface area contributed by atoms with Gasteiger partial charge in [0.1, 0.15) is 5.69 Å². The van der Waals surface area contributed by atoms with E-state index in [1.807, 2.05) is 25.1 Å². The Kier molecular flexibility index (Phi) is 4.86. The summed E-state index contributed by atoms with van der Waals surface area (Å²) in [6, 6.07) is 24.2. The highest BCUT2D eigenvalue weighted by Crippen LogP contribution is 2.25. The molecule has 0 N–H and O–H groups in total. The highest BCUT2D eigenvalue weighted by atomic mass is 32.2. The van der Waals surface area contributed by atoms with Crippen LogP contribution in [0, 0.1) is 6.92 Å². The molecule has 0 atom stereocenters. The van der Waals surface area contributed by atoms with Gasteiger partial charge in [-0.05, 0) is 19.1 Å². The fourth-order valence-corrected chi connectivity index (χ4v) is 4.34. The van der Waals surface area contributed by atoms with Gasteiger partial charge in [0.05, 0.1) is 11.1 Å². The summed E-state index contributed by atoms with van der Waals surface area (Å²) in [4.78, 5) is 17.5. The third kappa shape index (κ3) is 3.62. The van der Waals surface area contributed by atoms with Crippen molar-refractivity contribution in [2.75, 3.05) is 0 Å². The monoisotopic (exact) mass is 402 g/mol. The molecule has 4 rings (SSSR count). The van der Waals surface area contributed by atoms with Crippen molar-refractivity contribution < 1.29 is 13.2 Å². The average Bonchev–Trinajstić information content (AvgIpc) is 3.21. The Morgan fingerprint density at radius 3 is 2.03 bits per heavy atom. The highest BCUT2D eigenvalue weighted by Gasteiger charge is 2.25. The van der Waals surface area contributed by atoms with Crippen LogP contribution >= 0.6 is 0 Å². The highest BCUT2D eigenvalue weighted by molar-refractivity contribution is 7.90. The van der Waals surface area contributed by atoms with Crippen molar-refractivity contribution in [1.82, 2.24) is 8.96 Å². The van der Waals surface area contributed by atoms with Crippen LogP contribution in [0.3, 0.4) is 0 Å². The van der Waals surface area contributed by atoms with Crippen LogP contribution in [0.4, 0.5) is 0 Å². The zero-order valence-corrected chi connectivity index (χ0v) is 16.5. The molecule has 29 heavy (non-hydrogen) atoms. The van der Waals surface area contributed by atoms with E-state index in [2.05, 4.69) is 4.98 Å². The van der Waals surface area contributed by atoms with E-state index in [1.54, 1.807) is 54.6 Å². The van der Waals surface area contributed by atoms with Gasteiger partial charge in [0, 0.05) is 11.1 Å². The van der Waals surface area contributed by atoms with Gasteiger partial charge in [-0.3, -0.25) is 4.79 Å². The number of aromatic nitrogens is 2. The van der Waals surface area contributed by atoms with Crippen molar-refractivity contribution in [2.24, 2.45) is 0 Å². The van der Waals surface area contributed by atoms with Crippen LogP contribution < -0.4 is 0 Å². The summed E-state index contributed by atoms with van der Waals surface area (Å²) in [5.41, 5.74) is 2.17. The van der Waals surface area contributed by atoms with Crippen molar-refractivity contribution in [3.63, 3.8) is 0 Å². The lowest BCUT2D eigenvalue weighted by Crippen LogP contribution is -2.13. The predicted molar refractivity (Wildman–Crippen MR) is 111 cm³/mol. The van der Waals surface area contributed by atoms with E-state index in [0.717, 1.165) is 9.54 Å². The molecule has 6 heteroatoms. The minimum Gasteiger partial charge on any atom is -0.287 e.